The molecule has 0 atom stereocenters. The summed E-state index contributed by atoms with van der Waals surface area (Å²) in [5.74, 6) is 0.454. The molecule has 4 nitrogen and oxygen atoms in total. The molecule has 0 spiro atoms. The lowest BCUT2D eigenvalue weighted by molar-refractivity contribution is -0.107. The van der Waals surface area contributed by atoms with Crippen LogP contribution in [-0.4, -0.2) is 23.4 Å². The predicted molar refractivity (Wildman–Crippen MR) is 76.6 cm³/mol. The summed E-state index contributed by atoms with van der Waals surface area (Å²) in [6.07, 6.45) is 16.4. The molecule has 0 N–H and O–H groups in total. The number of unbranched alkanes of at least 4 members (excludes halogenated alkanes) is 5. The number of hydrogen-bond donors (Lipinski definition) is 0. The summed E-state index contributed by atoms with van der Waals surface area (Å²) < 4.78 is 4.82. The van der Waals surface area contributed by atoms with Crippen molar-refractivity contribution in [3.63, 3.8) is 0 Å². The van der Waals surface area contributed by atoms with Gasteiger partial charge in [-0.15, -0.1) is 0 Å². The number of carbonyl (C=O) groups excluding carboxylic acids is 1. The van der Waals surface area contributed by atoms with Gasteiger partial charge in [-0.25, -0.2) is 0 Å². The molecule has 0 aliphatic carbocycles. The van der Waals surface area contributed by atoms with Crippen LogP contribution in [0.2, 0.25) is 0 Å². The summed E-state index contributed by atoms with van der Waals surface area (Å²) in [7, 11) is 1.53. The maximum Gasteiger partial charge on any atom is 0.184 e. The van der Waals surface area contributed by atoms with E-state index in [1.54, 1.807) is 24.8 Å². The minimum absolute atomic E-state index is 0.454. The Balaban J connectivity index is 0.000000443. The van der Waals surface area contributed by atoms with E-state index in [-0.39, 0.29) is 0 Å². The fraction of sp³-hybridized carbons (Fsp3) is 0.533. The zero-order valence-electron chi connectivity index (χ0n) is 11.9. The topological polar surface area (TPSA) is 52.1 Å². The highest BCUT2D eigenvalue weighted by atomic mass is 16.5. The molecule has 1 rings (SSSR count). The Morgan fingerprint density at radius 1 is 1.05 bits per heavy atom. The maximum atomic E-state index is 10.3. The average molecular weight is 264 g/mol. The monoisotopic (exact) mass is 264 g/mol. The summed E-state index contributed by atoms with van der Waals surface area (Å²) in [5, 5.41) is 0. The number of ether oxygens (including phenoxy) is 1. The smallest absolute Gasteiger partial charge is 0.184 e. The van der Waals surface area contributed by atoms with Gasteiger partial charge in [0.25, 0.3) is 0 Å². The van der Waals surface area contributed by atoms with Gasteiger partial charge >= 0.3 is 0 Å². The summed E-state index contributed by atoms with van der Waals surface area (Å²) in [6, 6.07) is 0. The molecule has 0 saturated heterocycles. The molecular weight excluding hydrogens is 240 g/mol. The zero-order chi connectivity index (χ0) is 14.2. The van der Waals surface area contributed by atoms with Crippen molar-refractivity contribution in [3.05, 3.63) is 36.6 Å². The quantitative estimate of drug-likeness (QED) is 0.312. The minimum Gasteiger partial charge on any atom is -0.494 e. The van der Waals surface area contributed by atoms with E-state index < -0.39 is 0 Å². The van der Waals surface area contributed by atoms with E-state index in [4.69, 9.17) is 4.74 Å². The van der Waals surface area contributed by atoms with E-state index in [1.165, 1.54) is 32.8 Å². The Morgan fingerprint density at radius 3 is 2.05 bits per heavy atom. The first-order valence-corrected chi connectivity index (χ1v) is 6.74. The van der Waals surface area contributed by atoms with E-state index in [2.05, 4.69) is 16.9 Å². The normalized spacial score (nSPS) is 10.3. The first kappa shape index (κ1) is 17.3. The first-order chi connectivity index (χ1) is 9.35. The Hall–Kier alpha value is -1.71. The number of methoxy groups -OCH3 is 1. The molecule has 0 bridgehead atoms. The third-order valence-corrected chi connectivity index (χ3v) is 2.48. The Labute approximate surface area is 115 Å². The van der Waals surface area contributed by atoms with Crippen molar-refractivity contribution in [2.75, 3.05) is 7.11 Å². The predicted octanol–water partition coefficient (Wildman–Crippen LogP) is 3.55. The minimum atomic E-state index is 0.454. The van der Waals surface area contributed by atoms with Crippen LogP contribution < -0.4 is 0 Å². The molecule has 0 aliphatic heterocycles. The van der Waals surface area contributed by atoms with Crippen LogP contribution in [0.1, 0.15) is 45.4 Å². The van der Waals surface area contributed by atoms with Crippen LogP contribution in [0, 0.1) is 0 Å². The molecule has 0 aliphatic rings. The Morgan fingerprint density at radius 2 is 1.63 bits per heavy atom. The third-order valence-electron chi connectivity index (χ3n) is 2.48. The Bertz CT molecular complexity index is 299. The van der Waals surface area contributed by atoms with Crippen LogP contribution in [0.5, 0.6) is 0 Å². The third kappa shape index (κ3) is 12.5. The highest BCUT2D eigenvalue weighted by Gasteiger charge is 1.91. The van der Waals surface area contributed by atoms with Gasteiger partial charge in [0, 0.05) is 24.8 Å². The summed E-state index contributed by atoms with van der Waals surface area (Å²) in [5.41, 5.74) is 0. The fourth-order valence-electron chi connectivity index (χ4n) is 1.43. The van der Waals surface area contributed by atoms with Crippen molar-refractivity contribution in [1.82, 2.24) is 9.97 Å². The molecule has 1 aromatic rings. The van der Waals surface area contributed by atoms with E-state index in [1.807, 2.05) is 6.08 Å². The van der Waals surface area contributed by atoms with E-state index in [0.29, 0.717) is 5.76 Å². The molecule has 1 aromatic heterocycles. The van der Waals surface area contributed by atoms with Crippen LogP contribution in [0.25, 0.3) is 0 Å². The molecule has 0 radical (unpaired) electrons. The molecule has 106 valence electrons. The number of hydrogen-bond acceptors (Lipinski definition) is 4. The highest BCUT2D eigenvalue weighted by molar-refractivity contribution is 5.69. The molecule has 0 fully saturated rings. The van der Waals surface area contributed by atoms with Gasteiger partial charge in [-0.05, 0) is 18.9 Å². The van der Waals surface area contributed by atoms with Crippen LogP contribution in [-0.2, 0) is 9.53 Å². The lowest BCUT2D eigenvalue weighted by atomic mass is 10.1. The molecule has 0 amide bonds. The number of allylic oxidation sites excluding steroid dienone is 2. The second kappa shape index (κ2) is 14.4. The van der Waals surface area contributed by atoms with Gasteiger partial charge in [-0.2, -0.15) is 0 Å². The van der Waals surface area contributed by atoms with Gasteiger partial charge < -0.3 is 4.74 Å². The van der Waals surface area contributed by atoms with Gasteiger partial charge in [0.15, 0.2) is 12.0 Å². The van der Waals surface area contributed by atoms with Crippen molar-refractivity contribution >= 4 is 6.29 Å². The number of rotatable bonds is 8. The highest BCUT2D eigenvalue weighted by Crippen LogP contribution is 2.06. The standard InChI is InChI=1S/C11H20O2.C4H4N2/c1-3-4-5-6-7-8-9-11(10-12)13-2;1-2-6-4-3-5-1/h9-10H,3-8H2,1-2H3;1-4H. The number of carbonyl (C=O) groups is 1. The van der Waals surface area contributed by atoms with Gasteiger partial charge in [0.2, 0.25) is 0 Å². The van der Waals surface area contributed by atoms with Crippen LogP contribution in [0.15, 0.2) is 36.6 Å². The van der Waals surface area contributed by atoms with Crippen LogP contribution in [0.3, 0.4) is 0 Å². The maximum absolute atomic E-state index is 10.3. The molecule has 4 heteroatoms. The molecule has 0 aromatic carbocycles. The van der Waals surface area contributed by atoms with Gasteiger partial charge in [-0.3, -0.25) is 14.8 Å². The van der Waals surface area contributed by atoms with E-state index >= 15 is 0 Å². The fourth-order valence-corrected chi connectivity index (χ4v) is 1.43. The van der Waals surface area contributed by atoms with Gasteiger partial charge in [0.1, 0.15) is 0 Å². The molecular formula is C15H24N2O2. The molecule has 0 saturated carbocycles. The van der Waals surface area contributed by atoms with Gasteiger partial charge in [0.05, 0.1) is 7.11 Å². The SMILES string of the molecule is CCCCCCCC=C(C=O)OC.c1cnccn1. The largest absolute Gasteiger partial charge is 0.494 e. The number of nitrogens with zero attached hydrogens (tertiary/aromatic N) is 2. The summed E-state index contributed by atoms with van der Waals surface area (Å²) >= 11 is 0. The number of aldehydes is 1. The van der Waals surface area contributed by atoms with Crippen molar-refractivity contribution in [1.29, 1.82) is 0 Å². The van der Waals surface area contributed by atoms with Crippen molar-refractivity contribution in [3.8, 4) is 0 Å². The van der Waals surface area contributed by atoms with Crippen LogP contribution in [0.4, 0.5) is 0 Å². The number of aromatic nitrogens is 2. The second-order valence-corrected chi connectivity index (χ2v) is 4.03. The Kier molecular flexibility index (Phi) is 13.1. The van der Waals surface area contributed by atoms with E-state index in [0.717, 1.165) is 19.1 Å². The van der Waals surface area contributed by atoms with Crippen LogP contribution >= 0.6 is 0 Å². The summed E-state index contributed by atoms with van der Waals surface area (Å²) in [6.45, 7) is 2.20. The lowest BCUT2D eigenvalue weighted by Crippen LogP contribution is -1.87. The summed E-state index contributed by atoms with van der Waals surface area (Å²) in [4.78, 5) is 17.8. The molecule has 0 unspecified atom stereocenters. The van der Waals surface area contributed by atoms with Crippen molar-refractivity contribution in [2.24, 2.45) is 0 Å². The van der Waals surface area contributed by atoms with Crippen molar-refractivity contribution in [2.45, 2.75) is 45.4 Å². The second-order valence-electron chi connectivity index (χ2n) is 4.03. The van der Waals surface area contributed by atoms with Gasteiger partial charge in [-0.1, -0.05) is 32.6 Å². The lowest BCUT2D eigenvalue weighted by Gasteiger charge is -1.98. The molecule has 1 heterocycles. The van der Waals surface area contributed by atoms with E-state index in [9.17, 15) is 4.79 Å². The van der Waals surface area contributed by atoms with Crippen molar-refractivity contribution < 1.29 is 9.53 Å². The first-order valence-electron chi connectivity index (χ1n) is 6.74. The zero-order valence-corrected chi connectivity index (χ0v) is 11.9. The molecule has 19 heavy (non-hydrogen) atoms. The average Bonchev–Trinajstić information content (AvgIpc) is 2.49.